The molecule has 170 valence electrons. The largest absolute Gasteiger partial charge is 0.496 e. The fourth-order valence-electron chi connectivity index (χ4n) is 3.83. The number of nitrogens with one attached hydrogen (secondary N) is 2. The first-order valence-electron chi connectivity index (χ1n) is 10.1. The van der Waals surface area contributed by atoms with E-state index in [-0.39, 0.29) is 28.7 Å². The molecule has 9 heteroatoms. The molecule has 0 aliphatic heterocycles. The summed E-state index contributed by atoms with van der Waals surface area (Å²) in [5.74, 6) is 0.247. The molecule has 2 N–H and O–H groups in total. The van der Waals surface area contributed by atoms with E-state index in [4.69, 9.17) is 28.8 Å². The van der Waals surface area contributed by atoms with Gasteiger partial charge in [-0.2, -0.15) is 0 Å². The van der Waals surface area contributed by atoms with Crippen LogP contribution in [0.1, 0.15) is 17.3 Å². The smallest absolute Gasteiger partial charge is 0.344 e. The summed E-state index contributed by atoms with van der Waals surface area (Å²) in [6.45, 7) is 1.73. The molecule has 0 aliphatic rings. The molecular formula is C24H22N2O7. The molecule has 0 bridgehead atoms. The number of carbonyl (C=O) groups excluding carboxylic acids is 1. The molecule has 0 atom stereocenters. The van der Waals surface area contributed by atoms with Crippen LogP contribution in [0.3, 0.4) is 0 Å². The minimum Gasteiger partial charge on any atom is -0.496 e. The van der Waals surface area contributed by atoms with E-state index in [0.717, 1.165) is 0 Å². The highest BCUT2D eigenvalue weighted by Gasteiger charge is 2.28. The van der Waals surface area contributed by atoms with E-state index in [2.05, 4.69) is 4.98 Å². The molecule has 33 heavy (non-hydrogen) atoms. The lowest BCUT2D eigenvalue weighted by atomic mass is 9.95. The number of hydrogen-bond donors (Lipinski definition) is 2. The van der Waals surface area contributed by atoms with E-state index in [1.807, 2.05) is 0 Å². The van der Waals surface area contributed by atoms with Gasteiger partial charge in [0.1, 0.15) is 11.3 Å². The number of rotatable bonds is 6. The summed E-state index contributed by atoms with van der Waals surface area (Å²) in [5.41, 5.74) is 0.0494. The zero-order chi connectivity index (χ0) is 23.7. The lowest BCUT2D eigenvalue weighted by Crippen LogP contribution is -2.21. The number of para-hydroxylation sites is 1. The maximum Gasteiger partial charge on any atom is 0.344 e. The second-order valence-corrected chi connectivity index (χ2v) is 7.01. The molecule has 0 saturated heterocycles. The highest BCUT2D eigenvalue weighted by molar-refractivity contribution is 6.12. The van der Waals surface area contributed by atoms with E-state index in [1.54, 1.807) is 43.3 Å². The molecule has 0 aliphatic carbocycles. The van der Waals surface area contributed by atoms with E-state index >= 15 is 0 Å². The van der Waals surface area contributed by atoms with Gasteiger partial charge in [-0.15, -0.1) is 0 Å². The number of esters is 1. The number of aromatic nitrogens is 1. The second kappa shape index (κ2) is 8.70. The van der Waals surface area contributed by atoms with Crippen molar-refractivity contribution in [3.8, 4) is 28.4 Å². The van der Waals surface area contributed by atoms with Crippen molar-refractivity contribution in [1.82, 2.24) is 4.98 Å². The number of fused-ring (bicyclic) bond motifs is 3. The normalized spacial score (nSPS) is 10.9. The highest BCUT2D eigenvalue weighted by Crippen LogP contribution is 2.43. The molecule has 2 heterocycles. The third-order valence-electron chi connectivity index (χ3n) is 5.26. The van der Waals surface area contributed by atoms with Gasteiger partial charge in [-0.25, -0.2) is 4.79 Å². The second-order valence-electron chi connectivity index (χ2n) is 7.01. The zero-order valence-corrected chi connectivity index (χ0v) is 18.5. The predicted molar refractivity (Wildman–Crippen MR) is 121 cm³/mol. The van der Waals surface area contributed by atoms with Crippen molar-refractivity contribution in [2.75, 3.05) is 27.9 Å². The molecular weight excluding hydrogens is 428 g/mol. The van der Waals surface area contributed by atoms with Crippen LogP contribution in [0.5, 0.6) is 17.2 Å². The number of ether oxygens (including phenoxy) is 4. The van der Waals surface area contributed by atoms with Crippen molar-refractivity contribution in [3.05, 3.63) is 57.9 Å². The van der Waals surface area contributed by atoms with E-state index in [0.29, 0.717) is 33.7 Å². The van der Waals surface area contributed by atoms with E-state index in [1.165, 1.54) is 21.3 Å². The van der Waals surface area contributed by atoms with Crippen LogP contribution in [0, 0.1) is 5.41 Å². The van der Waals surface area contributed by atoms with Crippen LogP contribution in [0.25, 0.3) is 33.0 Å². The molecule has 4 rings (SSSR count). The van der Waals surface area contributed by atoms with Crippen LogP contribution in [-0.2, 0) is 4.74 Å². The third-order valence-corrected chi connectivity index (χ3v) is 5.26. The average molecular weight is 450 g/mol. The van der Waals surface area contributed by atoms with Crippen LogP contribution in [0.4, 0.5) is 0 Å². The molecule has 4 aromatic rings. The summed E-state index contributed by atoms with van der Waals surface area (Å²) in [6, 6.07) is 10.2. The van der Waals surface area contributed by atoms with Crippen molar-refractivity contribution in [2.24, 2.45) is 0 Å². The Morgan fingerprint density at radius 1 is 1.03 bits per heavy atom. The van der Waals surface area contributed by atoms with E-state index in [9.17, 15) is 9.59 Å². The Morgan fingerprint density at radius 3 is 2.36 bits per heavy atom. The maximum atomic E-state index is 13.3. The van der Waals surface area contributed by atoms with Crippen molar-refractivity contribution in [3.63, 3.8) is 0 Å². The van der Waals surface area contributed by atoms with Gasteiger partial charge in [-0.1, -0.05) is 12.1 Å². The standard InChI is InChI=1S/C24H22N2O7/c1-5-32-24(28)20-18(13-10-16(30-3)17(31-4)11-15(13)29-2)19-21(33-22(20)25)12-8-6-7-9-14(12)26-23(19)27/h6-11,25H,5H2,1-4H3,(H,26,27). The quantitative estimate of drug-likeness (QED) is 0.340. The van der Waals surface area contributed by atoms with Gasteiger partial charge in [-0.3, -0.25) is 10.2 Å². The lowest BCUT2D eigenvalue weighted by Gasteiger charge is -2.17. The van der Waals surface area contributed by atoms with Crippen molar-refractivity contribution >= 4 is 27.8 Å². The minimum atomic E-state index is -0.799. The average Bonchev–Trinajstić information content (AvgIpc) is 2.82. The molecule has 0 amide bonds. The number of pyridine rings is 1. The summed E-state index contributed by atoms with van der Waals surface area (Å²) in [5, 5.41) is 9.19. The first kappa shape index (κ1) is 21.9. The van der Waals surface area contributed by atoms with Crippen molar-refractivity contribution < 1.29 is 28.2 Å². The van der Waals surface area contributed by atoms with Gasteiger partial charge >= 0.3 is 5.97 Å². The van der Waals surface area contributed by atoms with Gasteiger partial charge in [0.05, 0.1) is 38.8 Å². The lowest BCUT2D eigenvalue weighted by molar-refractivity contribution is 0.0522. The SMILES string of the molecule is CCOC(=O)c1c(-c2cc(OC)c(OC)cc2OC)c2c(=O)[nH]c3ccccc3c2oc1=N. The van der Waals surface area contributed by atoms with Gasteiger partial charge in [0, 0.05) is 22.6 Å². The monoisotopic (exact) mass is 450 g/mol. The fraction of sp³-hybridized carbons (Fsp3) is 0.208. The summed E-state index contributed by atoms with van der Waals surface area (Å²) in [6.07, 6.45) is 0. The van der Waals surface area contributed by atoms with Crippen molar-refractivity contribution in [2.45, 2.75) is 6.92 Å². The Hall–Kier alpha value is -4.27. The molecule has 0 unspecified atom stereocenters. The predicted octanol–water partition coefficient (Wildman–Crippen LogP) is 3.62. The molecule has 0 saturated carbocycles. The molecule has 2 aromatic carbocycles. The highest BCUT2D eigenvalue weighted by atomic mass is 16.5. The number of hydrogen-bond acceptors (Lipinski definition) is 8. The molecule has 2 aromatic heterocycles. The Balaban J connectivity index is 2.27. The summed E-state index contributed by atoms with van der Waals surface area (Å²) in [7, 11) is 4.40. The zero-order valence-electron chi connectivity index (χ0n) is 18.5. The molecule has 0 fully saturated rings. The van der Waals surface area contributed by atoms with Gasteiger partial charge < -0.3 is 28.3 Å². The number of carbonyl (C=O) groups is 1. The Kier molecular flexibility index (Phi) is 5.78. The van der Waals surface area contributed by atoms with Gasteiger partial charge in [0.2, 0.25) is 5.55 Å². The van der Waals surface area contributed by atoms with Crippen LogP contribution in [0.2, 0.25) is 0 Å². The van der Waals surface area contributed by atoms with Gasteiger partial charge in [-0.05, 0) is 25.1 Å². The maximum absolute atomic E-state index is 13.3. The topological polar surface area (TPSA) is 124 Å². The van der Waals surface area contributed by atoms with Crippen LogP contribution < -0.4 is 25.3 Å². The van der Waals surface area contributed by atoms with E-state index < -0.39 is 17.1 Å². The Labute approximate surface area is 188 Å². The number of benzene rings is 2. The fourth-order valence-corrected chi connectivity index (χ4v) is 3.83. The molecule has 0 spiro atoms. The Morgan fingerprint density at radius 2 is 1.70 bits per heavy atom. The third kappa shape index (κ3) is 3.57. The summed E-state index contributed by atoms with van der Waals surface area (Å²) >= 11 is 0. The Bertz CT molecular complexity index is 1500. The summed E-state index contributed by atoms with van der Waals surface area (Å²) in [4.78, 5) is 29.1. The first-order chi connectivity index (χ1) is 15.9. The van der Waals surface area contributed by atoms with Crippen LogP contribution in [0.15, 0.2) is 45.6 Å². The molecule has 9 nitrogen and oxygen atoms in total. The summed E-state index contributed by atoms with van der Waals surface area (Å²) < 4.78 is 27.3. The van der Waals surface area contributed by atoms with Gasteiger partial charge in [0.15, 0.2) is 17.1 Å². The molecule has 0 radical (unpaired) electrons. The first-order valence-corrected chi connectivity index (χ1v) is 10.1. The van der Waals surface area contributed by atoms with Crippen molar-refractivity contribution in [1.29, 1.82) is 5.41 Å². The number of methoxy groups -OCH3 is 3. The van der Waals surface area contributed by atoms with Gasteiger partial charge in [0.25, 0.3) is 5.56 Å². The minimum absolute atomic E-state index is 0.0763. The van der Waals surface area contributed by atoms with Crippen LogP contribution >= 0.6 is 0 Å². The number of H-pyrrole nitrogens is 1. The van der Waals surface area contributed by atoms with Crippen LogP contribution in [-0.4, -0.2) is 38.9 Å². The number of aromatic amines is 1.